The van der Waals surface area contributed by atoms with Crippen LogP contribution in [0, 0.1) is 5.92 Å². The highest BCUT2D eigenvalue weighted by Gasteiger charge is 2.41. The SMILES string of the molecule is C=CCCCCC(CCCCCCCC)C(OCC)(OCC)OCC. The Morgan fingerprint density at radius 1 is 0.720 bits per heavy atom. The van der Waals surface area contributed by atoms with Gasteiger partial charge in [-0.25, -0.2) is 0 Å². The molecule has 0 aliphatic carbocycles. The molecule has 150 valence electrons. The first-order valence-electron chi connectivity index (χ1n) is 10.7. The van der Waals surface area contributed by atoms with Crippen molar-refractivity contribution in [3.05, 3.63) is 12.7 Å². The molecule has 0 spiro atoms. The molecule has 3 nitrogen and oxygen atoms in total. The Hall–Kier alpha value is -0.380. The maximum absolute atomic E-state index is 6.06. The van der Waals surface area contributed by atoms with Gasteiger partial charge in [-0.3, -0.25) is 0 Å². The molecule has 0 fully saturated rings. The maximum Gasteiger partial charge on any atom is 0.285 e. The van der Waals surface area contributed by atoms with Crippen LogP contribution in [0.1, 0.15) is 98.3 Å². The second-order valence-electron chi connectivity index (χ2n) is 6.73. The lowest BCUT2D eigenvalue weighted by molar-refractivity contribution is -0.403. The standard InChI is InChI=1S/C22H44O3/c1-6-11-13-15-16-18-20-21(19-17-14-12-7-2)22(23-8-3,24-9-4)25-10-5/h7,21H,2,6,8-20H2,1,3-5H3. The molecule has 0 aromatic rings. The minimum absolute atomic E-state index is 0.295. The number of ether oxygens (including phenoxy) is 3. The fourth-order valence-corrected chi connectivity index (χ4v) is 3.43. The van der Waals surface area contributed by atoms with Crippen LogP contribution in [0.2, 0.25) is 0 Å². The summed E-state index contributed by atoms with van der Waals surface area (Å²) < 4.78 is 18.2. The van der Waals surface area contributed by atoms with E-state index < -0.39 is 5.97 Å². The van der Waals surface area contributed by atoms with Crippen LogP contribution >= 0.6 is 0 Å². The molecular formula is C22H44O3. The van der Waals surface area contributed by atoms with Crippen molar-refractivity contribution >= 4 is 0 Å². The Morgan fingerprint density at radius 2 is 1.20 bits per heavy atom. The second-order valence-corrected chi connectivity index (χ2v) is 6.73. The first-order valence-corrected chi connectivity index (χ1v) is 10.7. The highest BCUT2D eigenvalue weighted by atomic mass is 16.9. The van der Waals surface area contributed by atoms with Gasteiger partial charge in [-0.15, -0.1) is 6.58 Å². The van der Waals surface area contributed by atoms with Gasteiger partial charge in [0.2, 0.25) is 0 Å². The Kier molecular flexibility index (Phi) is 16.8. The highest BCUT2D eigenvalue weighted by Crippen LogP contribution is 2.34. The zero-order chi connectivity index (χ0) is 18.8. The van der Waals surface area contributed by atoms with Crippen LogP contribution in [0.4, 0.5) is 0 Å². The van der Waals surface area contributed by atoms with Crippen molar-refractivity contribution in [3.8, 4) is 0 Å². The first kappa shape index (κ1) is 24.6. The van der Waals surface area contributed by atoms with Crippen molar-refractivity contribution in [2.24, 2.45) is 5.92 Å². The molecule has 0 rings (SSSR count). The van der Waals surface area contributed by atoms with Crippen molar-refractivity contribution in [1.29, 1.82) is 0 Å². The Labute approximate surface area is 157 Å². The van der Waals surface area contributed by atoms with Crippen LogP contribution in [-0.2, 0) is 14.2 Å². The minimum Gasteiger partial charge on any atom is -0.328 e. The van der Waals surface area contributed by atoms with Crippen LogP contribution in [-0.4, -0.2) is 25.8 Å². The molecule has 0 heterocycles. The van der Waals surface area contributed by atoms with E-state index in [2.05, 4.69) is 13.5 Å². The summed E-state index contributed by atoms with van der Waals surface area (Å²) in [5.41, 5.74) is 0. The van der Waals surface area contributed by atoms with E-state index in [1.165, 1.54) is 51.4 Å². The molecular weight excluding hydrogens is 312 g/mol. The van der Waals surface area contributed by atoms with Crippen LogP contribution in [0.3, 0.4) is 0 Å². The highest BCUT2D eigenvalue weighted by molar-refractivity contribution is 4.74. The smallest absolute Gasteiger partial charge is 0.285 e. The summed E-state index contributed by atoms with van der Waals surface area (Å²) in [7, 11) is 0. The molecule has 0 aliphatic rings. The lowest BCUT2D eigenvalue weighted by Crippen LogP contribution is -2.46. The number of hydrogen-bond donors (Lipinski definition) is 0. The van der Waals surface area contributed by atoms with E-state index in [0.29, 0.717) is 25.7 Å². The molecule has 0 aromatic carbocycles. The molecule has 0 radical (unpaired) electrons. The predicted molar refractivity (Wildman–Crippen MR) is 108 cm³/mol. The van der Waals surface area contributed by atoms with Gasteiger partial charge < -0.3 is 14.2 Å². The topological polar surface area (TPSA) is 27.7 Å². The molecule has 1 unspecified atom stereocenters. The third-order valence-corrected chi connectivity index (χ3v) is 4.65. The summed E-state index contributed by atoms with van der Waals surface area (Å²) in [5, 5.41) is 0. The van der Waals surface area contributed by atoms with Gasteiger partial charge >= 0.3 is 0 Å². The largest absolute Gasteiger partial charge is 0.328 e. The maximum atomic E-state index is 6.06. The summed E-state index contributed by atoms with van der Waals surface area (Å²) in [6.07, 6.45) is 15.5. The number of allylic oxidation sites excluding steroid dienone is 1. The summed E-state index contributed by atoms with van der Waals surface area (Å²) in [4.78, 5) is 0. The Balaban J connectivity index is 4.78. The van der Waals surface area contributed by atoms with Gasteiger partial charge in [-0.05, 0) is 46.5 Å². The molecule has 0 aromatic heterocycles. The van der Waals surface area contributed by atoms with Gasteiger partial charge in [0.05, 0.1) is 0 Å². The molecule has 25 heavy (non-hydrogen) atoms. The Bertz CT molecular complexity index is 274. The van der Waals surface area contributed by atoms with Crippen LogP contribution in [0.25, 0.3) is 0 Å². The van der Waals surface area contributed by atoms with E-state index in [1.54, 1.807) is 0 Å². The normalized spacial score (nSPS) is 13.1. The van der Waals surface area contributed by atoms with Crippen LogP contribution in [0.5, 0.6) is 0 Å². The van der Waals surface area contributed by atoms with Crippen molar-refractivity contribution in [3.63, 3.8) is 0 Å². The third kappa shape index (κ3) is 11.0. The second kappa shape index (κ2) is 17.1. The lowest BCUT2D eigenvalue weighted by atomic mass is 9.92. The van der Waals surface area contributed by atoms with Crippen molar-refractivity contribution in [1.82, 2.24) is 0 Å². The van der Waals surface area contributed by atoms with Gasteiger partial charge in [0.1, 0.15) is 0 Å². The van der Waals surface area contributed by atoms with Crippen molar-refractivity contribution in [2.75, 3.05) is 19.8 Å². The number of hydrogen-bond acceptors (Lipinski definition) is 3. The average molecular weight is 357 g/mol. The van der Waals surface area contributed by atoms with Crippen molar-refractivity contribution < 1.29 is 14.2 Å². The van der Waals surface area contributed by atoms with Crippen molar-refractivity contribution in [2.45, 2.75) is 104 Å². The summed E-state index contributed by atoms with van der Waals surface area (Å²) in [6.45, 7) is 14.0. The van der Waals surface area contributed by atoms with Gasteiger partial charge in [0, 0.05) is 25.7 Å². The van der Waals surface area contributed by atoms with Gasteiger partial charge in [-0.2, -0.15) is 0 Å². The van der Waals surface area contributed by atoms with E-state index in [-0.39, 0.29) is 0 Å². The first-order chi connectivity index (χ1) is 12.2. The van der Waals surface area contributed by atoms with Gasteiger partial charge in [0.25, 0.3) is 5.97 Å². The zero-order valence-electron chi connectivity index (χ0n) is 17.5. The predicted octanol–water partition coefficient (Wildman–Crippen LogP) is 6.86. The fourth-order valence-electron chi connectivity index (χ4n) is 3.43. The molecule has 0 saturated heterocycles. The van der Waals surface area contributed by atoms with E-state index in [4.69, 9.17) is 14.2 Å². The molecule has 0 amide bonds. The molecule has 1 atom stereocenters. The fraction of sp³-hybridized carbons (Fsp3) is 0.909. The lowest BCUT2D eigenvalue weighted by Gasteiger charge is -2.39. The van der Waals surface area contributed by atoms with E-state index in [0.717, 1.165) is 19.3 Å². The van der Waals surface area contributed by atoms with E-state index in [1.807, 2.05) is 26.8 Å². The Morgan fingerprint density at radius 3 is 1.68 bits per heavy atom. The van der Waals surface area contributed by atoms with E-state index >= 15 is 0 Å². The van der Waals surface area contributed by atoms with Crippen LogP contribution < -0.4 is 0 Å². The molecule has 3 heteroatoms. The van der Waals surface area contributed by atoms with E-state index in [9.17, 15) is 0 Å². The van der Waals surface area contributed by atoms with Crippen LogP contribution in [0.15, 0.2) is 12.7 Å². The molecule has 0 saturated carbocycles. The molecule has 0 aliphatic heterocycles. The molecule has 0 N–H and O–H groups in total. The summed E-state index contributed by atoms with van der Waals surface area (Å²) in [6, 6.07) is 0. The monoisotopic (exact) mass is 356 g/mol. The van der Waals surface area contributed by atoms with Gasteiger partial charge in [-0.1, -0.05) is 57.9 Å². The number of rotatable bonds is 19. The summed E-state index contributed by atoms with van der Waals surface area (Å²) in [5.74, 6) is -0.570. The number of unbranched alkanes of at least 4 members (excludes halogenated alkanes) is 7. The van der Waals surface area contributed by atoms with Gasteiger partial charge in [0.15, 0.2) is 0 Å². The summed E-state index contributed by atoms with van der Waals surface area (Å²) >= 11 is 0. The zero-order valence-corrected chi connectivity index (χ0v) is 17.5. The molecule has 0 bridgehead atoms. The third-order valence-electron chi connectivity index (χ3n) is 4.65. The minimum atomic E-state index is -0.865. The quantitative estimate of drug-likeness (QED) is 0.144. The average Bonchev–Trinajstić information content (AvgIpc) is 2.60.